The van der Waals surface area contributed by atoms with Gasteiger partial charge in [0.2, 0.25) is 5.82 Å². The lowest BCUT2D eigenvalue weighted by molar-refractivity contribution is 0.189. The Balaban J connectivity index is 1.18. The molecule has 5 rings (SSSR count). The highest BCUT2D eigenvalue weighted by molar-refractivity contribution is 5.74. The molecule has 0 saturated heterocycles. The van der Waals surface area contributed by atoms with E-state index in [4.69, 9.17) is 4.74 Å². The van der Waals surface area contributed by atoms with E-state index in [1.165, 1.54) is 75.8 Å². The number of hydrogen-bond donors (Lipinski definition) is 0. The SMILES string of the molecule is CCCCCCCCOc1ccc(-c2ccc(-c3ccc(C4=CCC(C5CCC(CCC)CC5)CC4)cc3F)cc2)c(F)c1F. The summed E-state index contributed by atoms with van der Waals surface area (Å²) < 4.78 is 50.8. The molecule has 45 heavy (non-hydrogen) atoms. The number of benzene rings is 3. The molecule has 1 nitrogen and oxygen atoms in total. The highest BCUT2D eigenvalue weighted by atomic mass is 19.2. The van der Waals surface area contributed by atoms with Crippen molar-refractivity contribution < 1.29 is 17.9 Å². The molecule has 242 valence electrons. The maximum absolute atomic E-state index is 15.4. The molecule has 1 fully saturated rings. The first-order valence-corrected chi connectivity index (χ1v) is 17.7. The summed E-state index contributed by atoms with van der Waals surface area (Å²) in [5, 5.41) is 0. The summed E-state index contributed by atoms with van der Waals surface area (Å²) in [4.78, 5) is 0. The minimum atomic E-state index is -0.966. The number of halogens is 3. The summed E-state index contributed by atoms with van der Waals surface area (Å²) in [7, 11) is 0. The normalized spacial score (nSPS) is 20.2. The van der Waals surface area contributed by atoms with Crippen LogP contribution in [0.4, 0.5) is 13.2 Å². The first-order chi connectivity index (χ1) is 22.0. The van der Waals surface area contributed by atoms with Crippen molar-refractivity contribution in [1.82, 2.24) is 0 Å². The zero-order chi connectivity index (χ0) is 31.6. The Morgan fingerprint density at radius 1 is 0.644 bits per heavy atom. The van der Waals surface area contributed by atoms with Gasteiger partial charge in [-0.25, -0.2) is 8.78 Å². The predicted octanol–water partition coefficient (Wildman–Crippen LogP) is 13.0. The molecule has 1 atom stereocenters. The van der Waals surface area contributed by atoms with Crippen LogP contribution in [0.1, 0.15) is 116 Å². The molecule has 1 saturated carbocycles. The Bertz CT molecular complexity index is 1400. The van der Waals surface area contributed by atoms with Crippen LogP contribution in [-0.4, -0.2) is 6.61 Å². The van der Waals surface area contributed by atoms with Crippen LogP contribution in [-0.2, 0) is 0 Å². The quantitative estimate of drug-likeness (QED) is 0.164. The van der Waals surface area contributed by atoms with Crippen molar-refractivity contribution in [2.24, 2.45) is 17.8 Å². The van der Waals surface area contributed by atoms with Gasteiger partial charge < -0.3 is 4.74 Å². The van der Waals surface area contributed by atoms with Crippen LogP contribution in [0.2, 0.25) is 0 Å². The van der Waals surface area contributed by atoms with Crippen LogP contribution in [0.3, 0.4) is 0 Å². The molecule has 1 unspecified atom stereocenters. The molecule has 0 bridgehead atoms. The van der Waals surface area contributed by atoms with E-state index in [2.05, 4.69) is 19.9 Å². The molecule has 0 N–H and O–H groups in total. The van der Waals surface area contributed by atoms with E-state index in [0.29, 0.717) is 23.3 Å². The van der Waals surface area contributed by atoms with Crippen LogP contribution in [0.25, 0.3) is 27.8 Å². The van der Waals surface area contributed by atoms with Gasteiger partial charge in [0.25, 0.3) is 0 Å². The topological polar surface area (TPSA) is 9.23 Å². The Morgan fingerprint density at radius 3 is 1.98 bits per heavy atom. The summed E-state index contributed by atoms with van der Waals surface area (Å²) in [5.74, 6) is 0.352. The van der Waals surface area contributed by atoms with Crippen LogP contribution in [0.15, 0.2) is 60.7 Å². The van der Waals surface area contributed by atoms with Crippen molar-refractivity contribution in [3.05, 3.63) is 83.7 Å². The van der Waals surface area contributed by atoms with Gasteiger partial charge in [-0.3, -0.25) is 0 Å². The smallest absolute Gasteiger partial charge is 0.201 e. The summed E-state index contributed by atoms with van der Waals surface area (Å²) in [6, 6.07) is 15.6. The molecule has 0 radical (unpaired) electrons. The molecule has 2 aliphatic carbocycles. The first kappa shape index (κ1) is 33.4. The zero-order valence-corrected chi connectivity index (χ0v) is 27.4. The third-order valence-electron chi connectivity index (χ3n) is 10.4. The number of rotatable bonds is 14. The monoisotopic (exact) mass is 616 g/mol. The van der Waals surface area contributed by atoms with Crippen molar-refractivity contribution in [2.45, 2.75) is 110 Å². The van der Waals surface area contributed by atoms with Crippen LogP contribution >= 0.6 is 0 Å². The van der Waals surface area contributed by atoms with Crippen LogP contribution in [0.5, 0.6) is 5.75 Å². The Labute approximate surface area is 269 Å². The van der Waals surface area contributed by atoms with Gasteiger partial charge in [-0.2, -0.15) is 4.39 Å². The van der Waals surface area contributed by atoms with E-state index in [-0.39, 0.29) is 17.1 Å². The molecule has 0 heterocycles. The van der Waals surface area contributed by atoms with E-state index < -0.39 is 11.6 Å². The summed E-state index contributed by atoms with van der Waals surface area (Å²) in [6.45, 7) is 4.85. The zero-order valence-electron chi connectivity index (χ0n) is 27.4. The molecule has 3 aromatic carbocycles. The molecular weight excluding hydrogens is 565 g/mol. The molecule has 0 spiro atoms. The Morgan fingerprint density at radius 2 is 1.31 bits per heavy atom. The number of unbranched alkanes of at least 4 members (excludes halogenated alkanes) is 5. The second-order valence-electron chi connectivity index (χ2n) is 13.5. The van der Waals surface area contributed by atoms with E-state index in [0.717, 1.165) is 55.4 Å². The minimum Gasteiger partial charge on any atom is -0.490 e. The standard InChI is InChI=1S/C41H51F3O/c1-3-5-6-7-8-9-27-45-39-26-25-37(40(43)41(39)44)34-21-19-33(20-22-34)36-24-23-35(28-38(36)42)32-17-15-31(16-18-32)30-13-11-29(10-4-2)12-14-30/h17,19-26,28-31H,3-16,18,27H2,1-2H3. The van der Waals surface area contributed by atoms with Gasteiger partial charge in [0.15, 0.2) is 11.6 Å². The van der Waals surface area contributed by atoms with E-state index in [9.17, 15) is 4.39 Å². The van der Waals surface area contributed by atoms with Gasteiger partial charge >= 0.3 is 0 Å². The number of hydrogen-bond acceptors (Lipinski definition) is 1. The molecule has 3 aromatic rings. The van der Waals surface area contributed by atoms with Gasteiger partial charge in [-0.15, -0.1) is 0 Å². The summed E-state index contributed by atoms with van der Waals surface area (Å²) in [6.07, 6.45) is 20.5. The van der Waals surface area contributed by atoms with Gasteiger partial charge in [-0.05, 0) is 96.7 Å². The number of ether oxygens (including phenoxy) is 1. The first-order valence-electron chi connectivity index (χ1n) is 17.7. The molecular formula is C41H51F3O. The van der Waals surface area contributed by atoms with E-state index >= 15 is 8.78 Å². The number of allylic oxidation sites excluding steroid dienone is 2. The third kappa shape index (κ3) is 8.63. The second-order valence-corrected chi connectivity index (χ2v) is 13.5. The minimum absolute atomic E-state index is 0.0540. The van der Waals surface area contributed by atoms with Crippen LogP contribution < -0.4 is 4.74 Å². The lowest BCUT2D eigenvalue weighted by atomic mass is 9.70. The third-order valence-corrected chi connectivity index (χ3v) is 10.4. The lowest BCUT2D eigenvalue weighted by Crippen LogP contribution is -2.23. The average Bonchev–Trinajstić information content (AvgIpc) is 3.07. The van der Waals surface area contributed by atoms with Crippen molar-refractivity contribution in [3.63, 3.8) is 0 Å². The fraction of sp³-hybridized carbons (Fsp3) is 0.512. The van der Waals surface area contributed by atoms with Gasteiger partial charge in [0.1, 0.15) is 5.82 Å². The summed E-state index contributed by atoms with van der Waals surface area (Å²) >= 11 is 0. The van der Waals surface area contributed by atoms with Gasteiger partial charge in [0.05, 0.1) is 6.61 Å². The van der Waals surface area contributed by atoms with Gasteiger partial charge in [0, 0.05) is 11.1 Å². The maximum Gasteiger partial charge on any atom is 0.201 e. The highest BCUT2D eigenvalue weighted by Crippen LogP contribution is 2.42. The predicted molar refractivity (Wildman–Crippen MR) is 182 cm³/mol. The molecule has 0 aliphatic heterocycles. The van der Waals surface area contributed by atoms with E-state index in [1.807, 2.05) is 12.1 Å². The Kier molecular flexibility index (Phi) is 12.2. The fourth-order valence-electron chi connectivity index (χ4n) is 7.61. The molecule has 0 amide bonds. The molecule has 4 heteroatoms. The largest absolute Gasteiger partial charge is 0.490 e. The van der Waals surface area contributed by atoms with Gasteiger partial charge in [-0.1, -0.05) is 114 Å². The van der Waals surface area contributed by atoms with Crippen molar-refractivity contribution in [2.75, 3.05) is 6.61 Å². The fourth-order valence-corrected chi connectivity index (χ4v) is 7.61. The van der Waals surface area contributed by atoms with Crippen LogP contribution in [0, 0.1) is 35.2 Å². The molecule has 2 aliphatic rings. The molecule has 0 aromatic heterocycles. The van der Waals surface area contributed by atoms with Crippen molar-refractivity contribution in [1.29, 1.82) is 0 Å². The van der Waals surface area contributed by atoms with E-state index in [1.54, 1.807) is 36.4 Å². The maximum atomic E-state index is 15.4. The average molecular weight is 617 g/mol. The van der Waals surface area contributed by atoms with Crippen molar-refractivity contribution in [3.8, 4) is 28.0 Å². The second kappa shape index (κ2) is 16.5. The highest BCUT2D eigenvalue weighted by Gasteiger charge is 2.28. The summed E-state index contributed by atoms with van der Waals surface area (Å²) in [5.41, 5.74) is 4.14. The lowest BCUT2D eigenvalue weighted by Gasteiger charge is -2.35. The van der Waals surface area contributed by atoms with Crippen molar-refractivity contribution >= 4 is 5.57 Å². The Hall–Kier alpha value is -3.01.